The van der Waals surface area contributed by atoms with Gasteiger partial charge in [-0.3, -0.25) is 9.63 Å². The van der Waals surface area contributed by atoms with Crippen molar-refractivity contribution in [2.45, 2.75) is 26.8 Å². The van der Waals surface area contributed by atoms with E-state index in [1.807, 2.05) is 49.9 Å². The molecule has 1 amide bonds. The number of hydroxylamine groups is 1. The van der Waals surface area contributed by atoms with Gasteiger partial charge in [-0.15, -0.1) is 0 Å². The van der Waals surface area contributed by atoms with E-state index in [0.717, 1.165) is 5.69 Å². The lowest BCUT2D eigenvalue weighted by Crippen LogP contribution is -2.43. The summed E-state index contributed by atoms with van der Waals surface area (Å²) < 4.78 is 0. The smallest absolute Gasteiger partial charge is 0.256 e. The molecule has 0 N–H and O–H groups in total. The first-order valence-electron chi connectivity index (χ1n) is 9.52. The third-order valence-corrected chi connectivity index (χ3v) is 4.78. The quantitative estimate of drug-likeness (QED) is 0.672. The summed E-state index contributed by atoms with van der Waals surface area (Å²) >= 11 is 0. The van der Waals surface area contributed by atoms with Crippen molar-refractivity contribution in [1.29, 1.82) is 0 Å². The fraction of sp³-hybridized carbons (Fsp3) is 0.350. The summed E-state index contributed by atoms with van der Waals surface area (Å²) in [7, 11) is 0. The van der Waals surface area contributed by atoms with Crippen LogP contribution in [-0.2, 0) is 4.84 Å². The predicted octanol–water partition coefficient (Wildman–Crippen LogP) is 1.96. The highest BCUT2D eigenvalue weighted by molar-refractivity contribution is 5.98. The number of benzene rings is 1. The maximum absolute atomic E-state index is 13.4. The maximum Gasteiger partial charge on any atom is 0.256 e. The van der Waals surface area contributed by atoms with E-state index in [1.165, 1.54) is 4.80 Å². The summed E-state index contributed by atoms with van der Waals surface area (Å²) in [5, 5.41) is 10.1. The highest BCUT2D eigenvalue weighted by atomic mass is 16.7. The van der Waals surface area contributed by atoms with Gasteiger partial charge in [0.2, 0.25) is 0 Å². The summed E-state index contributed by atoms with van der Waals surface area (Å²) in [4.78, 5) is 31.4. The Kier molecular flexibility index (Phi) is 5.22. The number of hydrogen-bond acceptors (Lipinski definition) is 7. The lowest BCUT2D eigenvalue weighted by atomic mass is 10.1. The molecule has 1 aromatic carbocycles. The Morgan fingerprint density at radius 3 is 2.66 bits per heavy atom. The van der Waals surface area contributed by atoms with Crippen molar-refractivity contribution in [2.75, 3.05) is 24.8 Å². The Bertz CT molecular complexity index is 986. The van der Waals surface area contributed by atoms with Gasteiger partial charge >= 0.3 is 0 Å². The first kappa shape index (κ1) is 19.0. The Morgan fingerprint density at radius 1 is 1.14 bits per heavy atom. The van der Waals surface area contributed by atoms with E-state index in [0.29, 0.717) is 42.6 Å². The van der Waals surface area contributed by atoms with Crippen LogP contribution in [0.15, 0.2) is 42.7 Å². The maximum atomic E-state index is 13.4. The van der Waals surface area contributed by atoms with Gasteiger partial charge in [0.1, 0.15) is 5.82 Å². The highest BCUT2D eigenvalue weighted by Gasteiger charge is 2.29. The fourth-order valence-electron chi connectivity index (χ4n) is 3.47. The molecule has 1 saturated heterocycles. The van der Waals surface area contributed by atoms with E-state index in [1.54, 1.807) is 23.5 Å². The minimum absolute atomic E-state index is 0.0779. The first-order chi connectivity index (χ1) is 14.0. The van der Waals surface area contributed by atoms with Crippen molar-refractivity contribution >= 4 is 11.7 Å². The van der Waals surface area contributed by atoms with Crippen LogP contribution in [0.25, 0.3) is 5.69 Å². The van der Waals surface area contributed by atoms with Crippen molar-refractivity contribution < 1.29 is 9.63 Å². The van der Waals surface area contributed by atoms with E-state index < -0.39 is 0 Å². The average molecular weight is 393 g/mol. The number of rotatable bonds is 3. The van der Waals surface area contributed by atoms with Crippen LogP contribution in [0.5, 0.6) is 0 Å². The minimum atomic E-state index is -0.0841. The van der Waals surface area contributed by atoms with E-state index in [4.69, 9.17) is 4.84 Å². The molecule has 0 bridgehead atoms. The normalized spacial score (nSPS) is 17.3. The number of nitrogens with zero attached hydrogens (tertiary/aromatic N) is 7. The molecular formula is C20H23N7O2. The third kappa shape index (κ3) is 3.95. The van der Waals surface area contributed by atoms with Gasteiger partial charge in [0, 0.05) is 24.3 Å². The monoisotopic (exact) mass is 393 g/mol. The largest absolute Gasteiger partial charge is 0.332 e. The third-order valence-electron chi connectivity index (χ3n) is 4.78. The topological polar surface area (TPSA) is 89.3 Å². The lowest BCUT2D eigenvalue weighted by molar-refractivity contribution is 0.0684. The number of aromatic nitrogens is 5. The van der Waals surface area contributed by atoms with Gasteiger partial charge in [-0.25, -0.2) is 15.0 Å². The van der Waals surface area contributed by atoms with Crippen LogP contribution < -0.4 is 5.06 Å². The minimum Gasteiger partial charge on any atom is -0.332 e. The molecule has 2 aromatic heterocycles. The van der Waals surface area contributed by atoms with Crippen LogP contribution >= 0.6 is 0 Å². The Balaban J connectivity index is 1.58. The standard InChI is InChI=1S/C20H23N7O2/c1-14-12-19(24-16(3)23-14)26-13-15(2)25(10-11-29-26)20(28)17-6-4-5-7-18(17)27-21-8-9-22-27/h4-9,12,15H,10-11,13H2,1-3H3. The lowest BCUT2D eigenvalue weighted by Gasteiger charge is -2.28. The number of anilines is 1. The first-order valence-corrected chi connectivity index (χ1v) is 9.52. The van der Waals surface area contributed by atoms with Gasteiger partial charge in [0.05, 0.1) is 36.8 Å². The Morgan fingerprint density at radius 2 is 1.90 bits per heavy atom. The number of aryl methyl sites for hydroxylation is 2. The zero-order valence-electron chi connectivity index (χ0n) is 16.7. The second kappa shape index (κ2) is 7.96. The molecule has 0 saturated carbocycles. The molecule has 0 spiro atoms. The van der Waals surface area contributed by atoms with Crippen LogP contribution in [-0.4, -0.2) is 61.5 Å². The van der Waals surface area contributed by atoms with Gasteiger partial charge < -0.3 is 4.90 Å². The molecule has 150 valence electrons. The molecule has 0 aliphatic carbocycles. The van der Waals surface area contributed by atoms with Crippen molar-refractivity contribution in [1.82, 2.24) is 29.9 Å². The second-order valence-electron chi connectivity index (χ2n) is 6.99. The van der Waals surface area contributed by atoms with Crippen molar-refractivity contribution in [3.8, 4) is 5.69 Å². The van der Waals surface area contributed by atoms with Crippen molar-refractivity contribution in [3.63, 3.8) is 0 Å². The molecule has 3 heterocycles. The molecule has 1 fully saturated rings. The summed E-state index contributed by atoms with van der Waals surface area (Å²) in [5.74, 6) is 1.32. The molecule has 1 aliphatic heterocycles. The SMILES string of the molecule is Cc1cc(N2CC(C)N(C(=O)c3ccccc3-n3nccn3)CCO2)nc(C)n1. The van der Waals surface area contributed by atoms with Gasteiger partial charge in [-0.05, 0) is 32.9 Å². The average Bonchev–Trinajstić information content (AvgIpc) is 3.16. The number of amides is 1. The van der Waals surface area contributed by atoms with E-state index in [-0.39, 0.29) is 11.9 Å². The van der Waals surface area contributed by atoms with Gasteiger partial charge in [-0.2, -0.15) is 15.0 Å². The Labute approximate surface area is 168 Å². The molecular weight excluding hydrogens is 370 g/mol. The predicted molar refractivity (Wildman–Crippen MR) is 107 cm³/mol. The van der Waals surface area contributed by atoms with Crippen LogP contribution in [0.3, 0.4) is 0 Å². The highest BCUT2D eigenvalue weighted by Crippen LogP contribution is 2.21. The van der Waals surface area contributed by atoms with E-state index >= 15 is 0 Å². The van der Waals surface area contributed by atoms with Crippen molar-refractivity contribution in [2.24, 2.45) is 0 Å². The fourth-order valence-corrected chi connectivity index (χ4v) is 3.47. The van der Waals surface area contributed by atoms with Gasteiger partial charge in [-0.1, -0.05) is 12.1 Å². The van der Waals surface area contributed by atoms with Crippen LogP contribution in [0.2, 0.25) is 0 Å². The van der Waals surface area contributed by atoms with Gasteiger partial charge in [0.25, 0.3) is 5.91 Å². The molecule has 29 heavy (non-hydrogen) atoms. The molecule has 4 rings (SSSR count). The molecule has 1 unspecified atom stereocenters. The molecule has 0 radical (unpaired) electrons. The summed E-state index contributed by atoms with van der Waals surface area (Å²) in [5.41, 5.74) is 2.08. The molecule has 1 atom stereocenters. The summed E-state index contributed by atoms with van der Waals surface area (Å²) in [6.45, 7) is 7.14. The zero-order valence-corrected chi connectivity index (χ0v) is 16.7. The molecule has 3 aromatic rings. The molecule has 9 heteroatoms. The van der Waals surface area contributed by atoms with E-state index in [9.17, 15) is 4.79 Å². The summed E-state index contributed by atoms with van der Waals surface area (Å²) in [6, 6.07) is 9.15. The number of carbonyl (C=O) groups excluding carboxylic acids is 1. The van der Waals surface area contributed by atoms with E-state index in [2.05, 4.69) is 20.2 Å². The molecule has 9 nitrogen and oxygen atoms in total. The van der Waals surface area contributed by atoms with Crippen LogP contribution in [0, 0.1) is 13.8 Å². The van der Waals surface area contributed by atoms with Gasteiger partial charge in [0.15, 0.2) is 5.82 Å². The van der Waals surface area contributed by atoms with Crippen LogP contribution in [0.4, 0.5) is 5.82 Å². The number of hydrogen-bond donors (Lipinski definition) is 0. The van der Waals surface area contributed by atoms with Crippen LogP contribution in [0.1, 0.15) is 28.8 Å². The molecule has 1 aliphatic rings. The zero-order chi connectivity index (χ0) is 20.4. The number of carbonyl (C=O) groups is 1. The van der Waals surface area contributed by atoms with Crippen molar-refractivity contribution in [3.05, 3.63) is 59.8 Å². The Hall–Kier alpha value is -3.33. The number of para-hydroxylation sites is 1. The summed E-state index contributed by atoms with van der Waals surface area (Å²) in [6.07, 6.45) is 3.18. The second-order valence-corrected chi connectivity index (χ2v) is 6.99.